The highest BCUT2D eigenvalue weighted by Gasteiger charge is 2.26. The van der Waals surface area contributed by atoms with Gasteiger partial charge in [-0.1, -0.05) is 40.5 Å². The number of nitrogens with one attached hydrogen (secondary N) is 2. The zero-order valence-electron chi connectivity index (χ0n) is 14.5. The number of rotatable bonds is 5. The third kappa shape index (κ3) is 12.4. The van der Waals surface area contributed by atoms with Crippen molar-refractivity contribution in [2.45, 2.75) is 59.8 Å². The summed E-state index contributed by atoms with van der Waals surface area (Å²) in [6.07, 6.45) is 5.34. The van der Waals surface area contributed by atoms with Crippen LogP contribution in [0.2, 0.25) is 0 Å². The van der Waals surface area contributed by atoms with E-state index in [4.69, 9.17) is 5.73 Å². The number of carbonyl (C=O) groups is 2. The minimum atomic E-state index is -0.335. The van der Waals surface area contributed by atoms with Crippen LogP contribution in [0, 0.1) is 11.8 Å². The van der Waals surface area contributed by atoms with E-state index in [1.165, 1.54) is 6.42 Å². The van der Waals surface area contributed by atoms with E-state index in [9.17, 15) is 9.59 Å². The third-order valence-corrected chi connectivity index (χ3v) is 3.13. The molecule has 1 fully saturated rings. The first-order valence-electron chi connectivity index (χ1n) is 8.25. The van der Waals surface area contributed by atoms with Crippen molar-refractivity contribution in [1.29, 1.82) is 0 Å². The van der Waals surface area contributed by atoms with Gasteiger partial charge in [0.2, 0.25) is 11.8 Å². The van der Waals surface area contributed by atoms with Crippen LogP contribution < -0.4 is 16.4 Å². The second kappa shape index (κ2) is 15.3. The summed E-state index contributed by atoms with van der Waals surface area (Å²) in [6, 6.07) is 0. The fourth-order valence-electron chi connectivity index (χ4n) is 2.32. The van der Waals surface area contributed by atoms with Gasteiger partial charge in [0.25, 0.3) is 0 Å². The highest BCUT2D eigenvalue weighted by molar-refractivity contribution is 5.78. The molecule has 1 rings (SSSR count). The van der Waals surface area contributed by atoms with Crippen molar-refractivity contribution in [3.63, 3.8) is 0 Å². The van der Waals surface area contributed by atoms with Crippen LogP contribution in [0.4, 0.5) is 0 Å². The monoisotopic (exact) mass is 301 g/mol. The Labute approximate surface area is 130 Å². The van der Waals surface area contributed by atoms with Gasteiger partial charge in [0.05, 0.1) is 6.54 Å². The van der Waals surface area contributed by atoms with Crippen molar-refractivity contribution in [2.75, 3.05) is 20.1 Å². The van der Waals surface area contributed by atoms with Crippen LogP contribution in [-0.4, -0.2) is 32.0 Å². The average molecular weight is 301 g/mol. The molecule has 0 aromatic heterocycles. The molecule has 2 amide bonds. The fourth-order valence-corrected chi connectivity index (χ4v) is 2.32. The number of primary amides is 1. The summed E-state index contributed by atoms with van der Waals surface area (Å²) in [5.74, 6) is 0.424. The summed E-state index contributed by atoms with van der Waals surface area (Å²) < 4.78 is 0. The molecule has 2 atom stereocenters. The summed E-state index contributed by atoms with van der Waals surface area (Å²) in [7, 11) is 1.68. The molecule has 4 N–H and O–H groups in total. The van der Waals surface area contributed by atoms with Gasteiger partial charge in [-0.15, -0.1) is 0 Å². The number of carbonyl (C=O) groups excluding carboxylic acids is 2. The number of hydrogen-bond acceptors (Lipinski definition) is 3. The summed E-state index contributed by atoms with van der Waals surface area (Å²) in [5.41, 5.74) is 5.04. The molecule has 0 heterocycles. The second-order valence-corrected chi connectivity index (χ2v) is 5.15. The Morgan fingerprint density at radius 2 is 1.76 bits per heavy atom. The van der Waals surface area contributed by atoms with Crippen LogP contribution in [-0.2, 0) is 9.59 Å². The van der Waals surface area contributed by atoms with Crippen LogP contribution in [0.3, 0.4) is 0 Å². The van der Waals surface area contributed by atoms with Crippen LogP contribution in [0.1, 0.15) is 59.8 Å². The van der Waals surface area contributed by atoms with Gasteiger partial charge in [0.15, 0.2) is 0 Å². The van der Waals surface area contributed by atoms with Crippen molar-refractivity contribution in [1.82, 2.24) is 10.6 Å². The first-order valence-corrected chi connectivity index (χ1v) is 8.25. The van der Waals surface area contributed by atoms with Gasteiger partial charge in [-0.3, -0.25) is 9.59 Å². The van der Waals surface area contributed by atoms with Gasteiger partial charge in [-0.2, -0.15) is 0 Å². The molecule has 1 unspecified atom stereocenters. The average Bonchev–Trinajstić information content (AvgIpc) is 2.49. The topological polar surface area (TPSA) is 84.2 Å². The summed E-state index contributed by atoms with van der Waals surface area (Å²) in [6.45, 7) is 9.25. The Kier molecular flexibility index (Phi) is 16.2. The third-order valence-electron chi connectivity index (χ3n) is 3.13. The van der Waals surface area contributed by atoms with Crippen molar-refractivity contribution in [2.24, 2.45) is 17.6 Å². The number of nitrogens with two attached hydrogens (primary N) is 1. The zero-order chi connectivity index (χ0) is 16.7. The Balaban J connectivity index is 0. The molecular formula is C16H35N3O2. The Bertz CT molecular complexity index is 270. The van der Waals surface area contributed by atoms with Gasteiger partial charge in [-0.25, -0.2) is 0 Å². The minimum Gasteiger partial charge on any atom is -0.369 e. The molecule has 5 heteroatoms. The van der Waals surface area contributed by atoms with Gasteiger partial charge in [-0.05, 0) is 31.7 Å². The van der Waals surface area contributed by atoms with Gasteiger partial charge in [0, 0.05) is 13.0 Å². The lowest BCUT2D eigenvalue weighted by atomic mass is 9.81. The summed E-state index contributed by atoms with van der Waals surface area (Å²) >= 11 is 0. The minimum absolute atomic E-state index is 0.138. The maximum atomic E-state index is 11.5. The molecule has 1 aliphatic carbocycles. The van der Waals surface area contributed by atoms with Crippen molar-refractivity contribution >= 4 is 11.8 Å². The number of amides is 2. The Morgan fingerprint density at radius 3 is 2.24 bits per heavy atom. The predicted molar refractivity (Wildman–Crippen MR) is 88.9 cm³/mol. The van der Waals surface area contributed by atoms with Crippen molar-refractivity contribution < 1.29 is 9.59 Å². The maximum absolute atomic E-state index is 11.5. The van der Waals surface area contributed by atoms with E-state index in [1.54, 1.807) is 7.05 Å². The molecule has 0 aliphatic heterocycles. The van der Waals surface area contributed by atoms with E-state index < -0.39 is 0 Å². The first-order chi connectivity index (χ1) is 10.0. The van der Waals surface area contributed by atoms with Crippen molar-refractivity contribution in [3.8, 4) is 0 Å². The molecule has 1 saturated carbocycles. The first kappa shape index (κ1) is 22.2. The van der Waals surface area contributed by atoms with Crippen LogP contribution in [0.5, 0.6) is 0 Å². The molecule has 0 aromatic carbocycles. The molecule has 0 saturated heterocycles. The largest absolute Gasteiger partial charge is 0.369 e. The molecular weight excluding hydrogens is 266 g/mol. The highest BCUT2D eigenvalue weighted by Crippen LogP contribution is 2.28. The SMILES string of the molecule is CC.CCC.CNC(=O)[C@H]1CCCC(CNCC(N)=O)C1. The number of hydrogen-bond donors (Lipinski definition) is 3. The molecule has 21 heavy (non-hydrogen) atoms. The van der Waals surface area contributed by atoms with Crippen LogP contribution in [0.25, 0.3) is 0 Å². The molecule has 0 spiro atoms. The molecule has 0 bridgehead atoms. The van der Waals surface area contributed by atoms with E-state index in [0.717, 1.165) is 32.2 Å². The van der Waals surface area contributed by atoms with E-state index in [0.29, 0.717) is 5.92 Å². The molecule has 0 radical (unpaired) electrons. The molecule has 126 valence electrons. The zero-order valence-corrected chi connectivity index (χ0v) is 14.5. The van der Waals surface area contributed by atoms with Gasteiger partial charge in [0.1, 0.15) is 0 Å². The van der Waals surface area contributed by atoms with E-state index >= 15 is 0 Å². The highest BCUT2D eigenvalue weighted by atomic mass is 16.2. The molecule has 0 aromatic rings. The molecule has 5 nitrogen and oxygen atoms in total. The maximum Gasteiger partial charge on any atom is 0.231 e. The van der Waals surface area contributed by atoms with Gasteiger partial charge < -0.3 is 16.4 Å². The van der Waals surface area contributed by atoms with Crippen LogP contribution in [0.15, 0.2) is 0 Å². The van der Waals surface area contributed by atoms with Gasteiger partial charge >= 0.3 is 0 Å². The van der Waals surface area contributed by atoms with E-state index in [1.807, 2.05) is 13.8 Å². The van der Waals surface area contributed by atoms with E-state index in [2.05, 4.69) is 24.5 Å². The fraction of sp³-hybridized carbons (Fsp3) is 0.875. The summed E-state index contributed by atoms with van der Waals surface area (Å²) in [4.78, 5) is 22.0. The van der Waals surface area contributed by atoms with Crippen molar-refractivity contribution in [3.05, 3.63) is 0 Å². The van der Waals surface area contributed by atoms with E-state index in [-0.39, 0.29) is 24.3 Å². The van der Waals surface area contributed by atoms with Crippen LogP contribution >= 0.6 is 0 Å². The second-order valence-electron chi connectivity index (χ2n) is 5.15. The Morgan fingerprint density at radius 1 is 1.19 bits per heavy atom. The standard InChI is InChI=1S/C11H21N3O2.C3H8.C2H6/c1-13-11(16)9-4-2-3-8(5-9)6-14-7-10(12)15;1-3-2;1-2/h8-9,14H,2-7H2,1H3,(H2,12,15)(H,13,16);3H2,1-2H3;1-2H3/t8?,9-;;/m0../s1. The predicted octanol–water partition coefficient (Wildman–Crippen LogP) is 2.06. The Hall–Kier alpha value is -1.10. The smallest absolute Gasteiger partial charge is 0.231 e. The summed E-state index contributed by atoms with van der Waals surface area (Å²) in [5, 5.41) is 5.72. The lowest BCUT2D eigenvalue weighted by molar-refractivity contribution is -0.126. The lowest BCUT2D eigenvalue weighted by Gasteiger charge is -2.28. The molecule has 1 aliphatic rings. The normalized spacial score (nSPS) is 20.2. The quantitative estimate of drug-likeness (QED) is 0.726. The lowest BCUT2D eigenvalue weighted by Crippen LogP contribution is -2.36.